The summed E-state index contributed by atoms with van der Waals surface area (Å²) in [4.78, 5) is 24.8. The van der Waals surface area contributed by atoms with E-state index in [1.54, 1.807) is 12.1 Å². The molecule has 0 fully saturated rings. The van der Waals surface area contributed by atoms with E-state index in [1.165, 1.54) is 58.8 Å². The van der Waals surface area contributed by atoms with Crippen LogP contribution in [0, 0.1) is 0 Å². The zero-order valence-electron chi connectivity index (χ0n) is 19.6. The van der Waals surface area contributed by atoms with Crippen molar-refractivity contribution in [3.05, 3.63) is 42.0 Å². The number of benzene rings is 2. The van der Waals surface area contributed by atoms with Gasteiger partial charge in [-0.25, -0.2) is 9.69 Å². The van der Waals surface area contributed by atoms with Gasteiger partial charge in [0, 0.05) is 30.0 Å². The lowest BCUT2D eigenvalue weighted by Crippen LogP contribution is -2.45. The van der Waals surface area contributed by atoms with Crippen LogP contribution in [0.1, 0.15) is 5.56 Å². The minimum atomic E-state index is -3.86. The molecule has 2 aromatic rings. The third-order valence-corrected chi connectivity index (χ3v) is 4.60. The molecule has 11 heteroatoms. The standard InChI is InChI=1S/C23H26F2N2O7/c1-27(2)23(24,25)22(29)34-20-11-14(7-9-17(20)31-4)26-21(28)10-8-16-18(32-5)12-15(30-3)13-19(16)33-6/h7-13H,1-6H3,(H,26,28)/b10-8+. The van der Waals surface area contributed by atoms with Crippen LogP contribution in [-0.4, -0.2) is 65.4 Å². The van der Waals surface area contributed by atoms with Gasteiger partial charge in [-0.2, -0.15) is 8.78 Å². The molecule has 1 N–H and O–H groups in total. The molecule has 0 aliphatic carbocycles. The van der Waals surface area contributed by atoms with Crippen LogP contribution < -0.4 is 29.0 Å². The summed E-state index contributed by atoms with van der Waals surface area (Å²) in [6, 6.07) is 3.43. The highest BCUT2D eigenvalue weighted by molar-refractivity contribution is 6.02. The average Bonchev–Trinajstić information content (AvgIpc) is 2.82. The van der Waals surface area contributed by atoms with E-state index in [0.717, 1.165) is 14.1 Å². The number of carbonyl (C=O) groups is 2. The summed E-state index contributed by atoms with van der Waals surface area (Å²) in [5.41, 5.74) is 0.677. The quantitative estimate of drug-likeness (QED) is 0.239. The number of nitrogens with zero attached hydrogens (tertiary/aromatic N) is 1. The zero-order valence-corrected chi connectivity index (χ0v) is 19.6. The van der Waals surface area contributed by atoms with Gasteiger partial charge in [-0.1, -0.05) is 0 Å². The maximum absolute atomic E-state index is 13.9. The molecule has 9 nitrogen and oxygen atoms in total. The number of halogens is 2. The van der Waals surface area contributed by atoms with Gasteiger partial charge in [0.05, 0.1) is 34.0 Å². The minimum absolute atomic E-state index is 0.0316. The minimum Gasteiger partial charge on any atom is -0.496 e. The fourth-order valence-corrected chi connectivity index (χ4v) is 2.72. The Morgan fingerprint density at radius 1 is 0.882 bits per heavy atom. The first-order valence-corrected chi connectivity index (χ1v) is 9.82. The summed E-state index contributed by atoms with van der Waals surface area (Å²) >= 11 is 0. The second kappa shape index (κ2) is 11.3. The van der Waals surface area contributed by atoms with Gasteiger partial charge in [0.25, 0.3) is 0 Å². The SMILES string of the molecule is COc1cc(OC)c(/C=C/C(=O)Nc2ccc(OC)c(OC(=O)C(F)(F)N(C)C)c2)c(OC)c1. The van der Waals surface area contributed by atoms with Crippen molar-refractivity contribution < 1.29 is 42.1 Å². The Kier molecular flexibility index (Phi) is 8.79. The fourth-order valence-electron chi connectivity index (χ4n) is 2.72. The average molecular weight is 480 g/mol. The molecule has 0 aromatic heterocycles. The number of methoxy groups -OCH3 is 4. The van der Waals surface area contributed by atoms with Crippen LogP contribution >= 0.6 is 0 Å². The summed E-state index contributed by atoms with van der Waals surface area (Å²) in [5.74, 6) is -1.26. The molecule has 2 aromatic carbocycles. The molecule has 34 heavy (non-hydrogen) atoms. The molecule has 0 atom stereocenters. The van der Waals surface area contributed by atoms with Gasteiger partial charge in [0.1, 0.15) is 17.2 Å². The summed E-state index contributed by atoms with van der Waals surface area (Å²) in [7, 11) is 7.78. The first-order valence-electron chi connectivity index (χ1n) is 9.82. The lowest BCUT2D eigenvalue weighted by Gasteiger charge is -2.21. The molecule has 184 valence electrons. The van der Waals surface area contributed by atoms with Gasteiger partial charge < -0.3 is 29.0 Å². The molecular formula is C23H26F2N2O7. The molecule has 0 bridgehead atoms. The third-order valence-electron chi connectivity index (χ3n) is 4.60. The molecule has 0 unspecified atom stereocenters. The number of hydrogen-bond acceptors (Lipinski definition) is 8. The second-order valence-corrected chi connectivity index (χ2v) is 6.96. The van der Waals surface area contributed by atoms with Crippen LogP contribution in [0.25, 0.3) is 6.08 Å². The van der Waals surface area contributed by atoms with Crippen LogP contribution in [0.4, 0.5) is 14.5 Å². The third kappa shape index (κ3) is 6.13. The number of amides is 1. The predicted octanol–water partition coefficient (Wildman–Crippen LogP) is 3.43. The number of anilines is 1. The number of rotatable bonds is 10. The van der Waals surface area contributed by atoms with Crippen molar-refractivity contribution in [3.8, 4) is 28.7 Å². The first kappa shape index (κ1) is 26.4. The molecule has 0 spiro atoms. The van der Waals surface area contributed by atoms with Crippen LogP contribution in [0.15, 0.2) is 36.4 Å². The molecule has 0 saturated carbocycles. The van der Waals surface area contributed by atoms with E-state index in [-0.39, 0.29) is 17.2 Å². The van der Waals surface area contributed by atoms with Crippen molar-refractivity contribution in [1.29, 1.82) is 0 Å². The Balaban J connectivity index is 2.25. The number of esters is 1. The summed E-state index contributed by atoms with van der Waals surface area (Å²) < 4.78 is 53.6. The summed E-state index contributed by atoms with van der Waals surface area (Å²) in [6.45, 7) is 0. The van der Waals surface area contributed by atoms with Crippen molar-refractivity contribution in [1.82, 2.24) is 4.90 Å². The van der Waals surface area contributed by atoms with E-state index < -0.39 is 17.9 Å². The second-order valence-electron chi connectivity index (χ2n) is 6.96. The monoisotopic (exact) mass is 480 g/mol. The van der Waals surface area contributed by atoms with Crippen molar-refractivity contribution in [2.45, 2.75) is 6.05 Å². The van der Waals surface area contributed by atoms with Crippen LogP contribution in [-0.2, 0) is 9.59 Å². The van der Waals surface area contributed by atoms with Gasteiger partial charge in [0.2, 0.25) is 5.91 Å². The van der Waals surface area contributed by atoms with Crippen molar-refractivity contribution in [2.75, 3.05) is 47.9 Å². The number of hydrogen-bond donors (Lipinski definition) is 1. The van der Waals surface area contributed by atoms with Crippen LogP contribution in [0.2, 0.25) is 0 Å². The molecule has 1 amide bonds. The van der Waals surface area contributed by atoms with Crippen molar-refractivity contribution in [3.63, 3.8) is 0 Å². The van der Waals surface area contributed by atoms with Gasteiger partial charge in [0.15, 0.2) is 11.5 Å². The first-order chi connectivity index (χ1) is 16.1. The zero-order chi connectivity index (χ0) is 25.5. The lowest BCUT2D eigenvalue weighted by atomic mass is 10.1. The Morgan fingerprint density at radius 2 is 1.47 bits per heavy atom. The molecule has 0 saturated heterocycles. The molecular weight excluding hydrogens is 454 g/mol. The van der Waals surface area contributed by atoms with Crippen molar-refractivity contribution >= 4 is 23.6 Å². The van der Waals surface area contributed by atoms with E-state index in [0.29, 0.717) is 27.7 Å². The highest BCUT2D eigenvalue weighted by Gasteiger charge is 2.44. The van der Waals surface area contributed by atoms with E-state index in [2.05, 4.69) is 5.32 Å². The van der Waals surface area contributed by atoms with E-state index >= 15 is 0 Å². The number of carbonyl (C=O) groups excluding carboxylic acids is 2. The van der Waals surface area contributed by atoms with Crippen molar-refractivity contribution in [2.24, 2.45) is 0 Å². The smallest absolute Gasteiger partial charge is 0.402 e. The maximum atomic E-state index is 13.9. The van der Waals surface area contributed by atoms with Gasteiger partial charge in [-0.05, 0) is 32.3 Å². The molecule has 2 rings (SSSR count). The predicted molar refractivity (Wildman–Crippen MR) is 121 cm³/mol. The van der Waals surface area contributed by atoms with Gasteiger partial charge >= 0.3 is 12.0 Å². The number of nitrogens with one attached hydrogen (secondary N) is 1. The fraction of sp³-hybridized carbons (Fsp3) is 0.304. The molecule has 0 aliphatic heterocycles. The highest BCUT2D eigenvalue weighted by atomic mass is 19.3. The lowest BCUT2D eigenvalue weighted by molar-refractivity contribution is -0.186. The maximum Gasteiger partial charge on any atom is 0.402 e. The number of alkyl halides is 2. The largest absolute Gasteiger partial charge is 0.496 e. The Morgan fingerprint density at radius 3 is 1.97 bits per heavy atom. The number of likely N-dealkylation sites (N-methyl/N-ethyl adjacent to an activating group) is 1. The van der Waals surface area contributed by atoms with E-state index in [9.17, 15) is 18.4 Å². The molecule has 0 heterocycles. The van der Waals surface area contributed by atoms with Gasteiger partial charge in [-0.15, -0.1) is 0 Å². The van der Waals surface area contributed by atoms with E-state index in [4.69, 9.17) is 23.7 Å². The Labute approximate surface area is 195 Å². The van der Waals surface area contributed by atoms with E-state index in [1.807, 2.05) is 0 Å². The summed E-state index contributed by atoms with van der Waals surface area (Å²) in [5, 5.41) is 2.56. The highest BCUT2D eigenvalue weighted by Crippen LogP contribution is 2.35. The van der Waals surface area contributed by atoms with Gasteiger partial charge in [-0.3, -0.25) is 4.79 Å². The topological polar surface area (TPSA) is 95.6 Å². The van der Waals surface area contributed by atoms with Crippen LogP contribution in [0.5, 0.6) is 28.7 Å². The summed E-state index contributed by atoms with van der Waals surface area (Å²) in [6.07, 6.45) is 2.71. The normalized spacial score (nSPS) is 11.3. The van der Waals surface area contributed by atoms with Crippen LogP contribution in [0.3, 0.4) is 0 Å². The Hall–Kier alpha value is -3.86. The molecule has 0 radical (unpaired) electrons. The number of ether oxygens (including phenoxy) is 5. The molecule has 0 aliphatic rings. The Bertz CT molecular complexity index is 1050.